The highest BCUT2D eigenvalue weighted by Crippen LogP contribution is 2.07. The van der Waals surface area contributed by atoms with Gasteiger partial charge in [-0.05, 0) is 33.4 Å². The van der Waals surface area contributed by atoms with Gasteiger partial charge in [0.05, 0.1) is 0 Å². The van der Waals surface area contributed by atoms with Gasteiger partial charge in [0.25, 0.3) is 0 Å². The summed E-state index contributed by atoms with van der Waals surface area (Å²) in [6, 6.07) is 0.692. The van der Waals surface area contributed by atoms with Crippen LogP contribution < -0.4 is 5.32 Å². The van der Waals surface area contributed by atoms with Crippen molar-refractivity contribution < 1.29 is 0 Å². The third-order valence-corrected chi connectivity index (χ3v) is 3.59. The van der Waals surface area contributed by atoms with E-state index in [0.717, 1.165) is 25.5 Å². The van der Waals surface area contributed by atoms with Crippen LogP contribution in [0.5, 0.6) is 0 Å². The maximum Gasteiger partial charge on any atom is 0.105 e. The van der Waals surface area contributed by atoms with E-state index < -0.39 is 0 Å². The van der Waals surface area contributed by atoms with Crippen molar-refractivity contribution in [2.75, 3.05) is 26.7 Å². The Kier molecular flexibility index (Phi) is 4.57. The van der Waals surface area contributed by atoms with Crippen LogP contribution in [0, 0.1) is 6.92 Å². The third-order valence-electron chi connectivity index (χ3n) is 3.59. The second-order valence-corrected chi connectivity index (χ2v) is 5.08. The van der Waals surface area contributed by atoms with Crippen molar-refractivity contribution in [3.63, 3.8) is 0 Å². The van der Waals surface area contributed by atoms with Crippen LogP contribution in [-0.2, 0) is 6.54 Å². The summed E-state index contributed by atoms with van der Waals surface area (Å²) in [4.78, 5) is 6.66. The van der Waals surface area contributed by atoms with Gasteiger partial charge in [-0.3, -0.25) is 0 Å². The Morgan fingerprint density at radius 2 is 2.41 bits per heavy atom. The Hall–Kier alpha value is -0.870. The standard InChI is InChI=1S/C13H24N4/c1-12-14-7-8-17(12)10-9-16(2)11-13-5-3-4-6-15-13/h7-8,13,15H,3-6,9-11H2,1-2H3. The van der Waals surface area contributed by atoms with E-state index in [2.05, 4.69) is 39.9 Å². The van der Waals surface area contributed by atoms with Crippen molar-refractivity contribution in [1.29, 1.82) is 0 Å². The van der Waals surface area contributed by atoms with Crippen molar-refractivity contribution >= 4 is 0 Å². The van der Waals surface area contributed by atoms with Gasteiger partial charge in [-0.1, -0.05) is 6.42 Å². The van der Waals surface area contributed by atoms with Crippen molar-refractivity contribution in [1.82, 2.24) is 19.8 Å². The molecule has 4 heteroatoms. The quantitative estimate of drug-likeness (QED) is 0.835. The fourth-order valence-electron chi connectivity index (χ4n) is 2.47. The highest BCUT2D eigenvalue weighted by atomic mass is 15.2. The van der Waals surface area contributed by atoms with Gasteiger partial charge in [0.1, 0.15) is 5.82 Å². The summed E-state index contributed by atoms with van der Waals surface area (Å²) >= 11 is 0. The van der Waals surface area contributed by atoms with Crippen LogP contribution in [0.15, 0.2) is 12.4 Å². The minimum absolute atomic E-state index is 0.692. The van der Waals surface area contributed by atoms with E-state index >= 15 is 0 Å². The first kappa shape index (κ1) is 12.6. The zero-order valence-electron chi connectivity index (χ0n) is 11.0. The van der Waals surface area contributed by atoms with Crippen molar-refractivity contribution in [2.45, 2.75) is 38.8 Å². The first-order valence-electron chi connectivity index (χ1n) is 6.65. The lowest BCUT2D eigenvalue weighted by molar-refractivity contribution is 0.254. The molecule has 2 heterocycles. The molecule has 0 radical (unpaired) electrons. The Morgan fingerprint density at radius 1 is 1.53 bits per heavy atom. The minimum Gasteiger partial charge on any atom is -0.334 e. The van der Waals surface area contributed by atoms with Gasteiger partial charge in [0.15, 0.2) is 0 Å². The molecule has 1 aromatic heterocycles. The lowest BCUT2D eigenvalue weighted by atomic mass is 10.0. The number of nitrogens with zero attached hydrogens (tertiary/aromatic N) is 3. The van der Waals surface area contributed by atoms with Crippen LogP contribution in [-0.4, -0.2) is 47.2 Å². The van der Waals surface area contributed by atoms with Gasteiger partial charge in [0, 0.05) is 38.1 Å². The van der Waals surface area contributed by atoms with Crippen LogP contribution in [0.25, 0.3) is 0 Å². The van der Waals surface area contributed by atoms with E-state index in [1.165, 1.54) is 25.8 Å². The third kappa shape index (κ3) is 3.82. The predicted molar refractivity (Wildman–Crippen MR) is 70.1 cm³/mol. The Balaban J connectivity index is 1.70. The Labute approximate surface area is 104 Å². The summed E-state index contributed by atoms with van der Waals surface area (Å²) in [7, 11) is 2.21. The summed E-state index contributed by atoms with van der Waals surface area (Å²) < 4.78 is 2.21. The SMILES string of the molecule is Cc1nccn1CCN(C)CC1CCCCN1. The monoisotopic (exact) mass is 236 g/mol. The molecule has 1 unspecified atom stereocenters. The molecule has 2 rings (SSSR count). The molecule has 0 spiro atoms. The predicted octanol–water partition coefficient (Wildman–Crippen LogP) is 1.27. The zero-order chi connectivity index (χ0) is 12.1. The van der Waals surface area contributed by atoms with Crippen LogP contribution in [0.1, 0.15) is 25.1 Å². The second kappa shape index (κ2) is 6.17. The molecule has 1 aliphatic heterocycles. The molecule has 1 aromatic rings. The molecule has 1 atom stereocenters. The first-order valence-corrected chi connectivity index (χ1v) is 6.65. The van der Waals surface area contributed by atoms with Crippen LogP contribution >= 0.6 is 0 Å². The molecule has 1 fully saturated rings. The van der Waals surface area contributed by atoms with E-state index in [9.17, 15) is 0 Å². The largest absolute Gasteiger partial charge is 0.334 e. The van der Waals surface area contributed by atoms with Gasteiger partial charge in [-0.15, -0.1) is 0 Å². The number of likely N-dealkylation sites (N-methyl/N-ethyl adjacent to an activating group) is 1. The number of hydrogen-bond acceptors (Lipinski definition) is 3. The molecule has 0 amide bonds. The van der Waals surface area contributed by atoms with Gasteiger partial charge in [-0.25, -0.2) is 4.98 Å². The topological polar surface area (TPSA) is 33.1 Å². The number of hydrogen-bond donors (Lipinski definition) is 1. The number of imidazole rings is 1. The number of aromatic nitrogens is 2. The minimum atomic E-state index is 0.692. The summed E-state index contributed by atoms with van der Waals surface area (Å²) in [5.41, 5.74) is 0. The maximum atomic E-state index is 4.24. The zero-order valence-corrected chi connectivity index (χ0v) is 11.0. The molecule has 0 aromatic carbocycles. The molecule has 1 saturated heterocycles. The maximum absolute atomic E-state index is 4.24. The highest BCUT2D eigenvalue weighted by molar-refractivity contribution is 4.88. The molecule has 96 valence electrons. The molecular weight excluding hydrogens is 212 g/mol. The lowest BCUT2D eigenvalue weighted by Gasteiger charge is -2.28. The molecule has 0 saturated carbocycles. The van der Waals surface area contributed by atoms with Crippen LogP contribution in [0.3, 0.4) is 0 Å². The lowest BCUT2D eigenvalue weighted by Crippen LogP contribution is -2.43. The molecular formula is C13H24N4. The second-order valence-electron chi connectivity index (χ2n) is 5.08. The van der Waals surface area contributed by atoms with Gasteiger partial charge >= 0.3 is 0 Å². The summed E-state index contributed by atoms with van der Waals surface area (Å²) in [5.74, 6) is 1.11. The van der Waals surface area contributed by atoms with Gasteiger partial charge in [0.2, 0.25) is 0 Å². The summed E-state index contributed by atoms with van der Waals surface area (Å²) in [6.07, 6.45) is 7.98. The molecule has 1 aliphatic rings. The smallest absolute Gasteiger partial charge is 0.105 e. The number of nitrogens with one attached hydrogen (secondary N) is 1. The van der Waals surface area contributed by atoms with Gasteiger partial charge < -0.3 is 14.8 Å². The molecule has 4 nitrogen and oxygen atoms in total. The number of piperidine rings is 1. The van der Waals surface area contributed by atoms with E-state index in [0.29, 0.717) is 6.04 Å². The van der Waals surface area contributed by atoms with E-state index in [1.807, 2.05) is 6.20 Å². The molecule has 0 bridgehead atoms. The normalized spacial score (nSPS) is 21.0. The first-order chi connectivity index (χ1) is 8.25. The molecule has 17 heavy (non-hydrogen) atoms. The van der Waals surface area contributed by atoms with E-state index in [1.54, 1.807) is 0 Å². The fraction of sp³-hybridized carbons (Fsp3) is 0.769. The number of aryl methyl sites for hydroxylation is 1. The van der Waals surface area contributed by atoms with Crippen molar-refractivity contribution in [2.24, 2.45) is 0 Å². The molecule has 0 aliphatic carbocycles. The average Bonchev–Trinajstić information content (AvgIpc) is 2.74. The average molecular weight is 236 g/mol. The Bertz CT molecular complexity index is 328. The molecule has 1 N–H and O–H groups in total. The highest BCUT2D eigenvalue weighted by Gasteiger charge is 2.14. The fourth-order valence-corrected chi connectivity index (χ4v) is 2.47. The summed E-state index contributed by atoms with van der Waals surface area (Å²) in [5, 5.41) is 3.59. The van der Waals surface area contributed by atoms with E-state index in [4.69, 9.17) is 0 Å². The Morgan fingerprint density at radius 3 is 3.06 bits per heavy atom. The van der Waals surface area contributed by atoms with Crippen molar-refractivity contribution in [3.05, 3.63) is 18.2 Å². The van der Waals surface area contributed by atoms with Gasteiger partial charge in [-0.2, -0.15) is 0 Å². The van der Waals surface area contributed by atoms with Crippen LogP contribution in [0.4, 0.5) is 0 Å². The van der Waals surface area contributed by atoms with E-state index in [-0.39, 0.29) is 0 Å². The van der Waals surface area contributed by atoms with Crippen LogP contribution in [0.2, 0.25) is 0 Å². The summed E-state index contributed by atoms with van der Waals surface area (Å²) in [6.45, 7) is 6.54. The van der Waals surface area contributed by atoms with Crippen molar-refractivity contribution in [3.8, 4) is 0 Å². The number of rotatable bonds is 5.